The first kappa shape index (κ1) is 15.5. The zero-order valence-corrected chi connectivity index (χ0v) is 11.4. The molecule has 0 bridgehead atoms. The minimum atomic E-state index is -0.327. The minimum Gasteiger partial charge on any atom is -0.508 e. The van der Waals surface area contributed by atoms with Crippen LogP contribution >= 0.6 is 0 Å². The van der Waals surface area contributed by atoms with Gasteiger partial charge < -0.3 is 5.11 Å². The molecule has 0 aliphatic heterocycles. The van der Waals surface area contributed by atoms with Crippen molar-refractivity contribution >= 4 is 5.97 Å². The maximum atomic E-state index is 10.8. The van der Waals surface area contributed by atoms with Crippen LogP contribution in [0.1, 0.15) is 44.6 Å². The first-order valence-corrected chi connectivity index (χ1v) is 6.82. The lowest BCUT2D eigenvalue weighted by Crippen LogP contribution is -2.04. The number of carbonyl (C=O) groups is 1. The summed E-state index contributed by atoms with van der Waals surface area (Å²) in [7, 11) is 0. The fraction of sp³-hybridized carbons (Fsp3) is 0.533. The molecule has 19 heavy (non-hydrogen) atoms. The number of phenolic OH excluding ortho intramolecular Hbond substituents is 1. The Kier molecular flexibility index (Phi) is 7.66. The van der Waals surface area contributed by atoms with E-state index in [-0.39, 0.29) is 5.97 Å². The van der Waals surface area contributed by atoms with Gasteiger partial charge in [0.25, 0.3) is 0 Å². The van der Waals surface area contributed by atoms with Crippen LogP contribution in [0.15, 0.2) is 24.3 Å². The zero-order valence-electron chi connectivity index (χ0n) is 11.4. The quantitative estimate of drug-likeness (QED) is 0.423. The molecule has 106 valence electrons. The molecule has 1 rings (SSSR count). The molecule has 0 amide bonds. The highest BCUT2D eigenvalue weighted by atomic mass is 17.2. The monoisotopic (exact) mass is 266 g/mol. The molecule has 0 aromatic heterocycles. The summed E-state index contributed by atoms with van der Waals surface area (Å²) in [5, 5.41) is 9.16. The second-order valence-corrected chi connectivity index (χ2v) is 4.46. The molecule has 1 aromatic rings. The molecule has 0 saturated carbocycles. The minimum absolute atomic E-state index is 0.308. The van der Waals surface area contributed by atoms with Gasteiger partial charge in [0.15, 0.2) is 0 Å². The van der Waals surface area contributed by atoms with Gasteiger partial charge in [0, 0.05) is 6.42 Å². The van der Waals surface area contributed by atoms with Crippen molar-refractivity contribution < 1.29 is 19.7 Å². The number of rotatable bonds is 9. The standard InChI is InChI=1S/C15H22O4/c1-2-15(17)19-18-12-6-4-3-5-7-13-8-10-14(16)11-9-13/h8-11,16H,2-7,12H2,1H3. The fourth-order valence-electron chi connectivity index (χ4n) is 1.67. The summed E-state index contributed by atoms with van der Waals surface area (Å²) < 4.78 is 0. The van der Waals surface area contributed by atoms with Gasteiger partial charge in [-0.2, -0.15) is 4.89 Å². The molecule has 0 unspecified atom stereocenters. The lowest BCUT2D eigenvalue weighted by Gasteiger charge is -2.03. The van der Waals surface area contributed by atoms with Crippen LogP contribution < -0.4 is 0 Å². The Morgan fingerprint density at radius 3 is 2.47 bits per heavy atom. The highest BCUT2D eigenvalue weighted by molar-refractivity contribution is 5.68. The normalized spacial score (nSPS) is 10.4. The van der Waals surface area contributed by atoms with E-state index in [2.05, 4.69) is 4.89 Å². The van der Waals surface area contributed by atoms with Gasteiger partial charge in [-0.25, -0.2) is 4.79 Å². The van der Waals surface area contributed by atoms with E-state index in [9.17, 15) is 4.79 Å². The van der Waals surface area contributed by atoms with E-state index in [1.165, 1.54) is 5.56 Å². The maximum absolute atomic E-state index is 10.8. The third-order valence-electron chi connectivity index (χ3n) is 2.82. The Morgan fingerprint density at radius 1 is 1.11 bits per heavy atom. The van der Waals surface area contributed by atoms with Crippen LogP contribution in [0.25, 0.3) is 0 Å². The summed E-state index contributed by atoms with van der Waals surface area (Å²) in [5.74, 6) is -0.0187. The molecule has 0 spiro atoms. The number of hydrogen-bond acceptors (Lipinski definition) is 4. The maximum Gasteiger partial charge on any atom is 0.342 e. The molecule has 1 aromatic carbocycles. The Bertz CT molecular complexity index is 359. The van der Waals surface area contributed by atoms with Gasteiger partial charge >= 0.3 is 5.97 Å². The summed E-state index contributed by atoms with van der Waals surface area (Å²) in [6, 6.07) is 7.32. The van der Waals surface area contributed by atoms with Crippen molar-refractivity contribution in [2.75, 3.05) is 6.61 Å². The molecule has 0 aliphatic rings. The first-order chi connectivity index (χ1) is 9.22. The van der Waals surface area contributed by atoms with Crippen LogP contribution in [0.3, 0.4) is 0 Å². The van der Waals surface area contributed by atoms with E-state index < -0.39 is 0 Å². The van der Waals surface area contributed by atoms with Gasteiger partial charge in [0.1, 0.15) is 5.75 Å². The van der Waals surface area contributed by atoms with Crippen molar-refractivity contribution in [2.24, 2.45) is 0 Å². The van der Waals surface area contributed by atoms with Gasteiger partial charge in [-0.1, -0.05) is 31.9 Å². The van der Waals surface area contributed by atoms with Crippen LogP contribution in [0.2, 0.25) is 0 Å². The first-order valence-electron chi connectivity index (χ1n) is 6.82. The molecule has 4 heteroatoms. The number of phenols is 1. The number of aryl methyl sites for hydroxylation is 1. The molecule has 0 atom stereocenters. The highest BCUT2D eigenvalue weighted by Crippen LogP contribution is 2.12. The van der Waals surface area contributed by atoms with Crippen molar-refractivity contribution in [1.29, 1.82) is 0 Å². The Labute approximate surface area is 114 Å². The van der Waals surface area contributed by atoms with E-state index in [1.807, 2.05) is 12.1 Å². The molecular formula is C15H22O4. The zero-order chi connectivity index (χ0) is 13.9. The van der Waals surface area contributed by atoms with Crippen molar-refractivity contribution in [2.45, 2.75) is 45.4 Å². The Morgan fingerprint density at radius 2 is 1.79 bits per heavy atom. The predicted octanol–water partition coefficient (Wildman–Crippen LogP) is 3.38. The van der Waals surface area contributed by atoms with E-state index in [4.69, 9.17) is 9.99 Å². The summed E-state index contributed by atoms with van der Waals surface area (Å²) in [4.78, 5) is 20.1. The van der Waals surface area contributed by atoms with E-state index in [0.717, 1.165) is 32.1 Å². The smallest absolute Gasteiger partial charge is 0.342 e. The van der Waals surface area contributed by atoms with Gasteiger partial charge in [-0.3, -0.25) is 4.89 Å². The van der Waals surface area contributed by atoms with E-state index in [1.54, 1.807) is 19.1 Å². The van der Waals surface area contributed by atoms with Crippen molar-refractivity contribution in [3.05, 3.63) is 29.8 Å². The predicted molar refractivity (Wildman–Crippen MR) is 72.6 cm³/mol. The number of hydrogen-bond donors (Lipinski definition) is 1. The number of unbranched alkanes of at least 4 members (excludes halogenated alkanes) is 3. The van der Waals surface area contributed by atoms with Gasteiger partial charge in [0.05, 0.1) is 6.61 Å². The van der Waals surface area contributed by atoms with Crippen molar-refractivity contribution in [3.63, 3.8) is 0 Å². The average molecular weight is 266 g/mol. The molecule has 4 nitrogen and oxygen atoms in total. The molecule has 0 aliphatic carbocycles. The molecule has 0 saturated heterocycles. The lowest BCUT2D eigenvalue weighted by molar-refractivity contribution is -0.272. The number of benzene rings is 1. The summed E-state index contributed by atoms with van der Waals surface area (Å²) in [6.45, 7) is 2.19. The molecule has 0 heterocycles. The van der Waals surface area contributed by atoms with E-state index >= 15 is 0 Å². The average Bonchev–Trinajstić information content (AvgIpc) is 2.43. The largest absolute Gasteiger partial charge is 0.508 e. The molecule has 0 radical (unpaired) electrons. The van der Waals surface area contributed by atoms with Gasteiger partial charge in [-0.15, -0.1) is 0 Å². The highest BCUT2D eigenvalue weighted by Gasteiger charge is 1.99. The summed E-state index contributed by atoms with van der Waals surface area (Å²) >= 11 is 0. The number of aromatic hydroxyl groups is 1. The van der Waals surface area contributed by atoms with Crippen molar-refractivity contribution in [3.8, 4) is 5.75 Å². The van der Waals surface area contributed by atoms with Crippen LogP contribution in [-0.4, -0.2) is 17.7 Å². The van der Waals surface area contributed by atoms with Crippen LogP contribution in [0, 0.1) is 0 Å². The Balaban J connectivity index is 1.94. The molecule has 1 N–H and O–H groups in total. The third kappa shape index (κ3) is 7.47. The Hall–Kier alpha value is -1.55. The second kappa shape index (κ2) is 9.39. The van der Waals surface area contributed by atoms with Gasteiger partial charge in [0.2, 0.25) is 0 Å². The lowest BCUT2D eigenvalue weighted by atomic mass is 10.1. The molecular weight excluding hydrogens is 244 g/mol. The van der Waals surface area contributed by atoms with Crippen LogP contribution in [0.5, 0.6) is 5.75 Å². The van der Waals surface area contributed by atoms with Gasteiger partial charge in [-0.05, 0) is 37.0 Å². The second-order valence-electron chi connectivity index (χ2n) is 4.46. The van der Waals surface area contributed by atoms with Crippen LogP contribution in [0.4, 0.5) is 0 Å². The summed E-state index contributed by atoms with van der Waals surface area (Å²) in [6.07, 6.45) is 5.54. The topological polar surface area (TPSA) is 55.8 Å². The van der Waals surface area contributed by atoms with E-state index in [0.29, 0.717) is 18.8 Å². The van der Waals surface area contributed by atoms with Crippen LogP contribution in [-0.2, 0) is 21.0 Å². The third-order valence-corrected chi connectivity index (χ3v) is 2.82. The summed E-state index contributed by atoms with van der Waals surface area (Å²) in [5.41, 5.74) is 1.24. The molecule has 0 fully saturated rings. The van der Waals surface area contributed by atoms with Crippen molar-refractivity contribution in [1.82, 2.24) is 0 Å². The number of carbonyl (C=O) groups excluding carboxylic acids is 1. The SMILES string of the molecule is CCC(=O)OOCCCCCCc1ccc(O)cc1. The fourth-order valence-corrected chi connectivity index (χ4v) is 1.67.